The molecule has 0 aromatic carbocycles. The van der Waals surface area contributed by atoms with Crippen LogP contribution in [0.3, 0.4) is 0 Å². The fraction of sp³-hybridized carbons (Fsp3) is 0.793. The van der Waals surface area contributed by atoms with E-state index in [1.807, 2.05) is 6.08 Å². The van der Waals surface area contributed by atoms with Crippen molar-refractivity contribution in [2.24, 2.45) is 0 Å². The average molecular weight is 896 g/mol. The molecule has 3 N–H and O–H groups in total. The van der Waals surface area contributed by atoms with Gasteiger partial charge < -0.3 is 20.3 Å². The second kappa shape index (κ2) is 53.2. The Kier molecular flexibility index (Phi) is 51.2. The zero-order valence-corrected chi connectivity index (χ0v) is 42.2. The van der Waals surface area contributed by atoms with Crippen molar-refractivity contribution in [2.75, 3.05) is 13.2 Å². The highest BCUT2D eigenvalue weighted by Crippen LogP contribution is 2.15. The van der Waals surface area contributed by atoms with Crippen LogP contribution in [0.15, 0.2) is 60.8 Å². The summed E-state index contributed by atoms with van der Waals surface area (Å²) in [4.78, 5) is 24.4. The minimum atomic E-state index is -0.852. The lowest BCUT2D eigenvalue weighted by Crippen LogP contribution is -2.45. The Hall–Kier alpha value is -2.44. The van der Waals surface area contributed by atoms with E-state index >= 15 is 0 Å². The van der Waals surface area contributed by atoms with E-state index in [1.165, 1.54) is 154 Å². The van der Waals surface area contributed by atoms with Gasteiger partial charge in [-0.25, -0.2) is 0 Å². The first kappa shape index (κ1) is 61.6. The number of hydrogen-bond acceptors (Lipinski definition) is 5. The molecule has 6 nitrogen and oxygen atoms in total. The molecule has 0 bridgehead atoms. The molecule has 2 atom stereocenters. The molecule has 0 saturated carbocycles. The summed E-state index contributed by atoms with van der Waals surface area (Å²) in [6, 6.07) is -0.637. The molecule has 0 spiro atoms. The maximum Gasteiger partial charge on any atom is 0.305 e. The molecule has 0 aliphatic carbocycles. The molecular weight excluding hydrogens is 791 g/mol. The van der Waals surface area contributed by atoms with Crippen molar-refractivity contribution in [3.63, 3.8) is 0 Å². The van der Waals surface area contributed by atoms with Gasteiger partial charge in [0, 0.05) is 12.8 Å². The van der Waals surface area contributed by atoms with Crippen LogP contribution in [0.1, 0.15) is 271 Å². The minimum Gasteiger partial charge on any atom is -0.466 e. The van der Waals surface area contributed by atoms with Gasteiger partial charge in [0.15, 0.2) is 0 Å². The Labute approximate surface area is 397 Å². The van der Waals surface area contributed by atoms with E-state index < -0.39 is 12.1 Å². The zero-order valence-electron chi connectivity index (χ0n) is 42.2. The lowest BCUT2D eigenvalue weighted by molar-refractivity contribution is -0.143. The van der Waals surface area contributed by atoms with Crippen LogP contribution in [0.25, 0.3) is 0 Å². The largest absolute Gasteiger partial charge is 0.466 e. The second-order valence-electron chi connectivity index (χ2n) is 18.6. The summed E-state index contributed by atoms with van der Waals surface area (Å²) in [7, 11) is 0. The molecule has 2 unspecified atom stereocenters. The number of carbonyl (C=O) groups is 2. The summed E-state index contributed by atoms with van der Waals surface area (Å²) in [6.07, 6.45) is 68.0. The van der Waals surface area contributed by atoms with Crippen LogP contribution in [0.5, 0.6) is 0 Å². The molecule has 0 rings (SSSR count). The Morgan fingerprint density at radius 2 is 0.859 bits per heavy atom. The Bertz CT molecular complexity index is 1130. The number of allylic oxidation sites excluding steroid dienone is 9. The lowest BCUT2D eigenvalue weighted by atomic mass is 10.0. The quantitative estimate of drug-likeness (QED) is 0.0245. The van der Waals surface area contributed by atoms with Gasteiger partial charge in [-0.2, -0.15) is 0 Å². The van der Waals surface area contributed by atoms with Crippen molar-refractivity contribution in [3.05, 3.63) is 60.8 Å². The van der Waals surface area contributed by atoms with Gasteiger partial charge in [-0.05, 0) is 89.9 Å². The number of rotatable bonds is 50. The number of nitrogens with one attached hydrogen (secondary N) is 1. The predicted molar refractivity (Wildman–Crippen MR) is 278 cm³/mol. The van der Waals surface area contributed by atoms with E-state index in [0.717, 1.165) is 89.9 Å². The molecule has 0 aliphatic heterocycles. The molecular formula is C58H105NO5. The van der Waals surface area contributed by atoms with Crippen LogP contribution >= 0.6 is 0 Å². The maximum atomic E-state index is 12.4. The Morgan fingerprint density at radius 3 is 1.34 bits per heavy atom. The molecule has 64 heavy (non-hydrogen) atoms. The highest BCUT2D eigenvalue weighted by molar-refractivity contribution is 5.76. The van der Waals surface area contributed by atoms with Crippen LogP contribution < -0.4 is 5.32 Å². The van der Waals surface area contributed by atoms with Crippen molar-refractivity contribution >= 4 is 11.9 Å². The van der Waals surface area contributed by atoms with Crippen molar-refractivity contribution in [3.8, 4) is 0 Å². The second-order valence-corrected chi connectivity index (χ2v) is 18.6. The van der Waals surface area contributed by atoms with E-state index in [4.69, 9.17) is 4.74 Å². The first-order valence-corrected chi connectivity index (χ1v) is 27.6. The maximum absolute atomic E-state index is 12.4. The van der Waals surface area contributed by atoms with Crippen molar-refractivity contribution in [1.82, 2.24) is 5.32 Å². The number of ether oxygens (including phenoxy) is 1. The van der Waals surface area contributed by atoms with Gasteiger partial charge in [0.1, 0.15) is 0 Å². The molecule has 0 heterocycles. The topological polar surface area (TPSA) is 95.9 Å². The molecule has 0 radical (unpaired) electrons. The summed E-state index contributed by atoms with van der Waals surface area (Å²) in [5.41, 5.74) is 0. The number of esters is 1. The number of amides is 1. The summed E-state index contributed by atoms with van der Waals surface area (Å²) in [6.45, 7) is 4.78. The fourth-order valence-corrected chi connectivity index (χ4v) is 8.01. The minimum absolute atomic E-state index is 0.0305. The first-order chi connectivity index (χ1) is 31.5. The van der Waals surface area contributed by atoms with E-state index in [-0.39, 0.29) is 18.5 Å². The van der Waals surface area contributed by atoms with Crippen molar-refractivity contribution < 1.29 is 24.5 Å². The lowest BCUT2D eigenvalue weighted by Gasteiger charge is -2.20. The van der Waals surface area contributed by atoms with Gasteiger partial charge in [0.2, 0.25) is 5.91 Å². The van der Waals surface area contributed by atoms with Gasteiger partial charge in [0.05, 0.1) is 25.4 Å². The third-order valence-electron chi connectivity index (χ3n) is 12.3. The van der Waals surface area contributed by atoms with Gasteiger partial charge in [-0.3, -0.25) is 9.59 Å². The Balaban J connectivity index is 3.53. The number of carbonyl (C=O) groups excluding carboxylic acids is 2. The molecule has 1 amide bonds. The van der Waals surface area contributed by atoms with E-state index in [2.05, 4.69) is 67.8 Å². The molecule has 0 aromatic rings. The standard InChI is InChI=1S/C58H105NO5/c1-3-5-7-9-11-13-15-17-23-27-30-34-38-42-46-50-56(61)55(54-60)59-57(62)51-47-43-39-35-31-28-24-21-19-18-20-22-25-29-33-37-41-45-49-53-64-58(63)52-48-44-40-36-32-26-16-14-12-10-8-6-4-2/h8,10,14,16,22,25,29,33,46,50,55-56,60-61H,3-7,9,11-13,15,17-21,23-24,26-28,30-32,34-45,47-49,51-54H2,1-2H3,(H,59,62)/b10-8-,16-14-,25-22-,33-29-,50-46+. The van der Waals surface area contributed by atoms with Gasteiger partial charge in [-0.15, -0.1) is 0 Å². The van der Waals surface area contributed by atoms with Crippen molar-refractivity contribution in [2.45, 2.75) is 283 Å². The van der Waals surface area contributed by atoms with Gasteiger partial charge in [-0.1, -0.05) is 229 Å². The third kappa shape index (κ3) is 49.0. The van der Waals surface area contributed by atoms with Crippen LogP contribution in [-0.4, -0.2) is 47.4 Å². The smallest absolute Gasteiger partial charge is 0.305 e. The van der Waals surface area contributed by atoms with E-state index in [0.29, 0.717) is 19.4 Å². The number of aliphatic hydroxyl groups is 2. The van der Waals surface area contributed by atoms with Crippen LogP contribution in [0.2, 0.25) is 0 Å². The Morgan fingerprint density at radius 1 is 0.453 bits per heavy atom. The summed E-state index contributed by atoms with van der Waals surface area (Å²) in [5.74, 6) is -0.110. The predicted octanol–water partition coefficient (Wildman–Crippen LogP) is 16.8. The summed E-state index contributed by atoms with van der Waals surface area (Å²) >= 11 is 0. The van der Waals surface area contributed by atoms with Crippen LogP contribution in [0, 0.1) is 0 Å². The number of hydrogen-bond donors (Lipinski definition) is 3. The average Bonchev–Trinajstić information content (AvgIpc) is 3.29. The normalized spacial score (nSPS) is 13.1. The molecule has 0 aromatic heterocycles. The fourth-order valence-electron chi connectivity index (χ4n) is 8.01. The number of aliphatic hydroxyl groups excluding tert-OH is 2. The monoisotopic (exact) mass is 896 g/mol. The van der Waals surface area contributed by atoms with Gasteiger partial charge in [0.25, 0.3) is 0 Å². The third-order valence-corrected chi connectivity index (χ3v) is 12.3. The van der Waals surface area contributed by atoms with Crippen molar-refractivity contribution in [1.29, 1.82) is 0 Å². The van der Waals surface area contributed by atoms with Gasteiger partial charge >= 0.3 is 5.97 Å². The molecule has 0 aliphatic rings. The molecule has 0 fully saturated rings. The summed E-state index contributed by atoms with van der Waals surface area (Å²) < 4.78 is 5.43. The summed E-state index contributed by atoms with van der Waals surface area (Å²) in [5, 5.41) is 23.1. The number of unbranched alkanes of at least 4 members (excludes halogenated alkanes) is 32. The first-order valence-electron chi connectivity index (χ1n) is 27.6. The SMILES string of the molecule is CCC/C=C\C/C=C\CCCCCCCC(=O)OCCCCC/C=C\C=C/CCCCCCCCCCCCC(=O)NC(CO)C(O)/C=C/CCCCCCCCCCCCCCC. The van der Waals surface area contributed by atoms with E-state index in [1.54, 1.807) is 6.08 Å². The van der Waals surface area contributed by atoms with E-state index in [9.17, 15) is 19.8 Å². The molecule has 372 valence electrons. The highest BCUT2D eigenvalue weighted by Gasteiger charge is 2.18. The zero-order chi connectivity index (χ0) is 46.5. The highest BCUT2D eigenvalue weighted by atomic mass is 16.5. The molecule has 6 heteroatoms. The van der Waals surface area contributed by atoms with Crippen LogP contribution in [0.4, 0.5) is 0 Å². The van der Waals surface area contributed by atoms with Crippen LogP contribution in [-0.2, 0) is 14.3 Å². The molecule has 0 saturated heterocycles.